The van der Waals surface area contributed by atoms with Crippen LogP contribution in [0.4, 0.5) is 0 Å². The van der Waals surface area contributed by atoms with Gasteiger partial charge < -0.3 is 15.4 Å². The molecule has 1 amide bonds. The quantitative estimate of drug-likeness (QED) is 0.835. The van der Waals surface area contributed by atoms with Gasteiger partial charge in [-0.1, -0.05) is 30.3 Å². The molecule has 0 spiro atoms. The number of hydrogen-bond acceptors (Lipinski definition) is 3. The van der Waals surface area contributed by atoms with Crippen LogP contribution >= 0.6 is 0 Å². The fraction of sp³-hybridized carbons (Fsp3) is 0.462. The van der Waals surface area contributed by atoms with Crippen molar-refractivity contribution in [2.24, 2.45) is 5.73 Å². The van der Waals surface area contributed by atoms with Crippen LogP contribution in [-0.4, -0.2) is 37.6 Å². The van der Waals surface area contributed by atoms with E-state index in [9.17, 15) is 4.79 Å². The number of nitrogens with zero attached hydrogens (tertiary/aromatic N) is 1. The summed E-state index contributed by atoms with van der Waals surface area (Å²) in [5.41, 5.74) is 6.77. The second-order valence-electron chi connectivity index (χ2n) is 4.14. The number of hydrogen-bond donors (Lipinski definition) is 1. The van der Waals surface area contributed by atoms with Crippen molar-refractivity contribution >= 4 is 5.91 Å². The van der Waals surface area contributed by atoms with Crippen LogP contribution in [0.15, 0.2) is 30.3 Å². The van der Waals surface area contributed by atoms with E-state index in [-0.39, 0.29) is 11.9 Å². The van der Waals surface area contributed by atoms with E-state index >= 15 is 0 Å². The molecule has 1 aromatic carbocycles. The largest absolute Gasteiger partial charge is 0.383 e. The summed E-state index contributed by atoms with van der Waals surface area (Å²) < 4.78 is 5.03. The molecule has 0 aliphatic rings. The fourth-order valence-corrected chi connectivity index (χ4v) is 1.59. The molecule has 0 fully saturated rings. The smallest absolute Gasteiger partial charge is 0.244 e. The first-order valence-corrected chi connectivity index (χ1v) is 5.64. The minimum atomic E-state index is -0.611. The van der Waals surface area contributed by atoms with Crippen LogP contribution in [0.1, 0.15) is 18.5 Å². The number of amides is 1. The number of carbonyl (C=O) groups excluding carboxylic acids is 1. The molecule has 1 unspecified atom stereocenters. The van der Waals surface area contributed by atoms with E-state index in [2.05, 4.69) is 0 Å². The molecule has 0 aliphatic heterocycles. The summed E-state index contributed by atoms with van der Waals surface area (Å²) >= 11 is 0. The van der Waals surface area contributed by atoms with E-state index in [4.69, 9.17) is 10.5 Å². The predicted molar refractivity (Wildman–Crippen MR) is 67.5 cm³/mol. The number of likely N-dealkylation sites (N-methyl/N-ethyl adjacent to an activating group) is 1. The van der Waals surface area contributed by atoms with Crippen molar-refractivity contribution in [2.45, 2.75) is 19.0 Å². The van der Waals surface area contributed by atoms with Crippen molar-refractivity contribution in [3.8, 4) is 0 Å². The second-order valence-corrected chi connectivity index (χ2v) is 4.14. The van der Waals surface area contributed by atoms with Crippen LogP contribution in [-0.2, 0) is 9.53 Å². The van der Waals surface area contributed by atoms with Gasteiger partial charge in [0.15, 0.2) is 0 Å². The van der Waals surface area contributed by atoms with Gasteiger partial charge in [0.2, 0.25) is 5.91 Å². The highest BCUT2D eigenvalue weighted by molar-refractivity contribution is 5.83. The molecular weight excluding hydrogens is 216 g/mol. The number of rotatable bonds is 5. The Morgan fingerprint density at radius 1 is 1.41 bits per heavy atom. The molecule has 94 valence electrons. The van der Waals surface area contributed by atoms with Crippen molar-refractivity contribution < 1.29 is 9.53 Å². The second kappa shape index (κ2) is 6.37. The molecule has 0 saturated carbocycles. The number of ether oxygens (including phenoxy) is 1. The number of methoxy groups -OCH3 is 1. The molecule has 17 heavy (non-hydrogen) atoms. The zero-order chi connectivity index (χ0) is 12.8. The third-order valence-corrected chi connectivity index (χ3v) is 2.84. The van der Waals surface area contributed by atoms with Crippen LogP contribution < -0.4 is 5.73 Å². The zero-order valence-corrected chi connectivity index (χ0v) is 10.6. The van der Waals surface area contributed by atoms with Gasteiger partial charge in [-0.15, -0.1) is 0 Å². The van der Waals surface area contributed by atoms with Crippen LogP contribution in [0, 0.1) is 0 Å². The number of carbonyl (C=O) groups is 1. The maximum absolute atomic E-state index is 12.1. The van der Waals surface area contributed by atoms with E-state index in [0.29, 0.717) is 6.61 Å². The third-order valence-electron chi connectivity index (χ3n) is 2.84. The monoisotopic (exact) mass is 236 g/mol. The maximum Gasteiger partial charge on any atom is 0.244 e. The number of benzene rings is 1. The third kappa shape index (κ3) is 3.54. The zero-order valence-electron chi connectivity index (χ0n) is 10.6. The Labute approximate surface area is 102 Å². The van der Waals surface area contributed by atoms with Gasteiger partial charge in [0.05, 0.1) is 12.6 Å². The molecule has 0 aromatic heterocycles. The molecule has 2 atom stereocenters. The van der Waals surface area contributed by atoms with Gasteiger partial charge in [-0.05, 0) is 12.5 Å². The van der Waals surface area contributed by atoms with Gasteiger partial charge in [0.1, 0.15) is 6.04 Å². The van der Waals surface area contributed by atoms with Crippen LogP contribution in [0.5, 0.6) is 0 Å². The molecule has 0 bridgehead atoms. The highest BCUT2D eigenvalue weighted by atomic mass is 16.5. The lowest BCUT2D eigenvalue weighted by atomic mass is 10.1. The van der Waals surface area contributed by atoms with Gasteiger partial charge in [0, 0.05) is 14.2 Å². The summed E-state index contributed by atoms with van der Waals surface area (Å²) in [6.45, 7) is 2.43. The topological polar surface area (TPSA) is 55.6 Å². The van der Waals surface area contributed by atoms with Crippen molar-refractivity contribution in [1.29, 1.82) is 0 Å². The summed E-state index contributed by atoms with van der Waals surface area (Å²) in [5.74, 6) is -0.0965. The lowest BCUT2D eigenvalue weighted by Crippen LogP contribution is -2.42. The van der Waals surface area contributed by atoms with Crippen LogP contribution in [0.25, 0.3) is 0 Å². The minimum Gasteiger partial charge on any atom is -0.383 e. The maximum atomic E-state index is 12.1. The van der Waals surface area contributed by atoms with Gasteiger partial charge in [-0.2, -0.15) is 0 Å². The Morgan fingerprint density at radius 2 is 2.00 bits per heavy atom. The molecule has 4 nitrogen and oxygen atoms in total. The van der Waals surface area contributed by atoms with Gasteiger partial charge in [0.25, 0.3) is 0 Å². The minimum absolute atomic E-state index is 0.0160. The van der Waals surface area contributed by atoms with E-state index in [1.165, 1.54) is 0 Å². The molecular formula is C13H20N2O2. The first-order valence-electron chi connectivity index (χ1n) is 5.64. The molecule has 1 rings (SSSR count). The summed E-state index contributed by atoms with van der Waals surface area (Å²) in [6.07, 6.45) is 0. The molecule has 0 aliphatic carbocycles. The molecule has 1 aromatic rings. The summed E-state index contributed by atoms with van der Waals surface area (Å²) in [5, 5.41) is 0. The lowest BCUT2D eigenvalue weighted by Gasteiger charge is -2.27. The molecule has 0 saturated heterocycles. The Balaban J connectivity index is 2.70. The first-order chi connectivity index (χ1) is 8.07. The Kier molecular flexibility index (Phi) is 5.12. The van der Waals surface area contributed by atoms with E-state index in [1.54, 1.807) is 19.1 Å². The highest BCUT2D eigenvalue weighted by Gasteiger charge is 2.22. The predicted octanol–water partition coefficient (Wildman–Crippen LogP) is 1.18. The molecule has 0 radical (unpaired) electrons. The highest BCUT2D eigenvalue weighted by Crippen LogP contribution is 2.13. The van der Waals surface area contributed by atoms with Crippen molar-refractivity contribution in [2.75, 3.05) is 20.8 Å². The standard InChI is InChI=1S/C13H20N2O2/c1-10(9-17-3)15(2)13(16)12(14)11-7-5-4-6-8-11/h4-8,10,12H,9,14H2,1-3H3/t10?,12-/m0/s1. The average Bonchev–Trinajstić information content (AvgIpc) is 2.37. The van der Waals surface area contributed by atoms with Gasteiger partial charge in [-0.3, -0.25) is 4.79 Å². The summed E-state index contributed by atoms with van der Waals surface area (Å²) in [7, 11) is 3.36. The molecule has 4 heteroatoms. The van der Waals surface area contributed by atoms with Crippen LogP contribution in [0.2, 0.25) is 0 Å². The Morgan fingerprint density at radius 3 is 2.53 bits per heavy atom. The normalized spacial score (nSPS) is 14.1. The first kappa shape index (κ1) is 13.7. The molecule has 2 N–H and O–H groups in total. The Bertz CT molecular complexity index is 354. The average molecular weight is 236 g/mol. The van der Waals surface area contributed by atoms with Crippen molar-refractivity contribution in [3.63, 3.8) is 0 Å². The summed E-state index contributed by atoms with van der Waals surface area (Å²) in [4.78, 5) is 13.7. The number of nitrogens with two attached hydrogens (primary N) is 1. The summed E-state index contributed by atoms with van der Waals surface area (Å²) in [6, 6.07) is 8.78. The van der Waals surface area contributed by atoms with Crippen molar-refractivity contribution in [3.05, 3.63) is 35.9 Å². The Hall–Kier alpha value is -1.39. The van der Waals surface area contributed by atoms with Crippen molar-refractivity contribution in [1.82, 2.24) is 4.90 Å². The van der Waals surface area contributed by atoms with Gasteiger partial charge in [-0.25, -0.2) is 0 Å². The fourth-order valence-electron chi connectivity index (χ4n) is 1.59. The van der Waals surface area contributed by atoms with E-state index < -0.39 is 6.04 Å². The van der Waals surface area contributed by atoms with E-state index in [1.807, 2.05) is 37.3 Å². The van der Waals surface area contributed by atoms with E-state index in [0.717, 1.165) is 5.56 Å². The SMILES string of the molecule is COCC(C)N(C)C(=O)[C@@H](N)c1ccccc1. The van der Waals surface area contributed by atoms with Gasteiger partial charge >= 0.3 is 0 Å². The van der Waals surface area contributed by atoms with Crippen LogP contribution in [0.3, 0.4) is 0 Å². The lowest BCUT2D eigenvalue weighted by molar-refractivity contribution is -0.134. The molecule has 0 heterocycles.